The van der Waals surface area contributed by atoms with E-state index in [-0.39, 0.29) is 11.2 Å². The third-order valence-corrected chi connectivity index (χ3v) is 5.68. The molecule has 194 valence electrons. The molecule has 1 aliphatic rings. The summed E-state index contributed by atoms with van der Waals surface area (Å²) in [4.78, 5) is 14.5. The maximum absolute atomic E-state index is 14.2. The summed E-state index contributed by atoms with van der Waals surface area (Å²) in [7, 11) is 0. The quantitative estimate of drug-likeness (QED) is 0.464. The highest BCUT2D eigenvalue weighted by Crippen LogP contribution is 2.24. The van der Waals surface area contributed by atoms with Crippen molar-refractivity contribution in [3.8, 4) is 17.6 Å². The van der Waals surface area contributed by atoms with Crippen LogP contribution >= 0.6 is 0 Å². The number of rotatable bonds is 6. The summed E-state index contributed by atoms with van der Waals surface area (Å²) in [6.07, 6.45) is 0. The Kier molecular flexibility index (Phi) is 8.43. The Labute approximate surface area is 216 Å². The van der Waals surface area contributed by atoms with E-state index in [0.29, 0.717) is 49.2 Å². The first kappa shape index (κ1) is 26.2. The van der Waals surface area contributed by atoms with Gasteiger partial charge in [0.05, 0.1) is 13.2 Å². The van der Waals surface area contributed by atoms with E-state index in [4.69, 9.17) is 14.0 Å². The summed E-state index contributed by atoms with van der Waals surface area (Å²) in [6.45, 7) is 10.2. The number of morpholine rings is 1. The minimum absolute atomic E-state index is 0.187. The number of carbonyl (C=O) groups excluding carboxylic acids is 1. The molecule has 1 aromatic heterocycles. The molecule has 4 rings (SSSR count). The fraction of sp³-hybridized carbons (Fsp3) is 0.357. The lowest BCUT2D eigenvalue weighted by molar-refractivity contribution is 0.0320. The van der Waals surface area contributed by atoms with Crippen LogP contribution in [0.25, 0.3) is 0 Å². The number of anilines is 2. The Morgan fingerprint density at radius 2 is 1.76 bits per heavy atom. The van der Waals surface area contributed by atoms with E-state index < -0.39 is 11.8 Å². The second-order valence-electron chi connectivity index (χ2n) is 9.68. The van der Waals surface area contributed by atoms with E-state index >= 15 is 0 Å². The molecule has 0 radical (unpaired) electrons. The van der Waals surface area contributed by atoms with Crippen molar-refractivity contribution in [1.82, 2.24) is 10.1 Å². The molecule has 1 fully saturated rings. The van der Waals surface area contributed by atoms with Gasteiger partial charge in [-0.3, -0.25) is 10.2 Å². The van der Waals surface area contributed by atoms with Crippen LogP contribution in [0.2, 0.25) is 0 Å². The second kappa shape index (κ2) is 11.9. The van der Waals surface area contributed by atoms with Gasteiger partial charge in [-0.05, 0) is 42.5 Å². The fourth-order valence-corrected chi connectivity index (χ4v) is 3.55. The van der Waals surface area contributed by atoms with Crippen molar-refractivity contribution in [3.05, 3.63) is 71.2 Å². The first-order valence-corrected chi connectivity index (χ1v) is 12.2. The molecule has 1 saturated heterocycles. The summed E-state index contributed by atoms with van der Waals surface area (Å²) in [5, 5.41) is 9.28. The minimum Gasteiger partial charge on any atom is -0.489 e. The largest absolute Gasteiger partial charge is 0.489 e. The van der Waals surface area contributed by atoms with Crippen LogP contribution in [0, 0.1) is 17.7 Å². The number of aromatic nitrogens is 1. The lowest BCUT2D eigenvalue weighted by Crippen LogP contribution is -2.38. The third-order valence-electron chi connectivity index (χ3n) is 5.68. The van der Waals surface area contributed by atoms with Gasteiger partial charge in [0.2, 0.25) is 0 Å². The van der Waals surface area contributed by atoms with Crippen LogP contribution in [0.4, 0.5) is 20.7 Å². The molecule has 0 aliphatic carbocycles. The minimum atomic E-state index is -0.431. The molecule has 0 spiro atoms. The van der Waals surface area contributed by atoms with Crippen LogP contribution in [0.3, 0.4) is 0 Å². The van der Waals surface area contributed by atoms with Crippen LogP contribution in [0.15, 0.2) is 53.1 Å². The highest BCUT2D eigenvalue weighted by molar-refractivity contribution is 5.99. The molecule has 2 heterocycles. The summed E-state index contributed by atoms with van der Waals surface area (Å²) >= 11 is 0. The predicted octanol–water partition coefficient (Wildman–Crippen LogP) is 4.87. The maximum Gasteiger partial charge on any atom is 0.324 e. The fourth-order valence-electron chi connectivity index (χ4n) is 3.55. The Hall–Kier alpha value is -3.87. The Bertz CT molecular complexity index is 1270. The Balaban J connectivity index is 1.30. The van der Waals surface area contributed by atoms with E-state index in [1.807, 2.05) is 20.8 Å². The number of ether oxygens (including phenoxy) is 2. The molecule has 3 aromatic rings. The first-order chi connectivity index (χ1) is 17.8. The van der Waals surface area contributed by atoms with Crippen LogP contribution < -0.4 is 15.4 Å². The molecular weight excluding hydrogens is 475 g/mol. The number of hydrogen-bond donors (Lipinski definition) is 2. The summed E-state index contributed by atoms with van der Waals surface area (Å²) in [5.74, 6) is 6.88. The molecular formula is C28H31FN4O4. The zero-order valence-corrected chi connectivity index (χ0v) is 21.3. The topological polar surface area (TPSA) is 88.9 Å². The van der Waals surface area contributed by atoms with Crippen LogP contribution in [0.5, 0.6) is 5.75 Å². The number of amides is 2. The number of carbonyl (C=O) groups is 1. The lowest BCUT2D eigenvalue weighted by atomic mass is 9.93. The average molecular weight is 507 g/mol. The van der Waals surface area contributed by atoms with Gasteiger partial charge in [0, 0.05) is 47.9 Å². The van der Waals surface area contributed by atoms with Crippen molar-refractivity contribution in [2.45, 2.75) is 26.2 Å². The highest BCUT2D eigenvalue weighted by Gasteiger charge is 2.20. The number of benzene rings is 2. The molecule has 0 atom stereocenters. The molecule has 1 aliphatic heterocycles. The number of nitrogens with zero attached hydrogens (tertiary/aromatic N) is 2. The van der Waals surface area contributed by atoms with Crippen LogP contribution in [-0.2, 0) is 10.2 Å². The number of halogens is 1. The number of hydrogen-bond acceptors (Lipinski definition) is 6. The van der Waals surface area contributed by atoms with Gasteiger partial charge in [-0.15, -0.1) is 0 Å². The SMILES string of the molecule is CC(C)(C)c1cc(NC(=O)Nc2ccc(C#Cc3ccc(F)c(OCCN4CCOCC4)c3)cc2)no1. The van der Waals surface area contributed by atoms with Crippen molar-refractivity contribution in [1.29, 1.82) is 0 Å². The lowest BCUT2D eigenvalue weighted by Gasteiger charge is -2.26. The van der Waals surface area contributed by atoms with Gasteiger partial charge in [-0.2, -0.15) is 0 Å². The Morgan fingerprint density at radius 3 is 2.46 bits per heavy atom. The molecule has 2 amide bonds. The van der Waals surface area contributed by atoms with Gasteiger partial charge in [0.25, 0.3) is 0 Å². The van der Waals surface area contributed by atoms with Gasteiger partial charge in [-0.1, -0.05) is 37.8 Å². The predicted molar refractivity (Wildman–Crippen MR) is 139 cm³/mol. The van der Waals surface area contributed by atoms with E-state index in [9.17, 15) is 9.18 Å². The normalized spacial score (nSPS) is 13.9. The van der Waals surface area contributed by atoms with Crippen LogP contribution in [-0.4, -0.2) is 55.5 Å². The zero-order chi connectivity index (χ0) is 26.3. The standard InChI is InChI=1S/C28H31FN4O4/c1-28(2,3)25-19-26(32-37-25)31-27(34)30-22-9-6-20(7-10-22)4-5-21-8-11-23(29)24(18-21)36-17-14-33-12-15-35-16-13-33/h6-11,18-19H,12-17H2,1-3H3,(H2,30,31,32,34). The third kappa shape index (κ3) is 7.81. The van der Waals surface area contributed by atoms with Gasteiger partial charge >= 0.3 is 6.03 Å². The van der Waals surface area contributed by atoms with Crippen molar-refractivity contribution < 1.29 is 23.2 Å². The molecule has 0 unspecified atom stereocenters. The van der Waals surface area contributed by atoms with Crippen molar-refractivity contribution in [2.75, 3.05) is 50.1 Å². The van der Waals surface area contributed by atoms with Gasteiger partial charge in [0.15, 0.2) is 17.4 Å². The molecule has 37 heavy (non-hydrogen) atoms. The zero-order valence-electron chi connectivity index (χ0n) is 21.3. The molecule has 9 heteroatoms. The summed E-state index contributed by atoms with van der Waals surface area (Å²) in [5.41, 5.74) is 1.79. The molecule has 8 nitrogen and oxygen atoms in total. The van der Waals surface area contributed by atoms with Gasteiger partial charge < -0.3 is 19.3 Å². The maximum atomic E-state index is 14.2. The monoisotopic (exact) mass is 506 g/mol. The van der Waals surface area contributed by atoms with Crippen molar-refractivity contribution in [3.63, 3.8) is 0 Å². The smallest absolute Gasteiger partial charge is 0.324 e. The number of urea groups is 1. The molecule has 0 bridgehead atoms. The molecule has 0 saturated carbocycles. The van der Waals surface area contributed by atoms with Gasteiger partial charge in [0.1, 0.15) is 12.4 Å². The van der Waals surface area contributed by atoms with E-state index in [1.54, 1.807) is 42.5 Å². The van der Waals surface area contributed by atoms with Crippen molar-refractivity contribution in [2.24, 2.45) is 0 Å². The summed E-state index contributed by atoms with van der Waals surface area (Å²) in [6, 6.07) is 12.9. The average Bonchev–Trinajstić information content (AvgIpc) is 3.35. The highest BCUT2D eigenvalue weighted by atomic mass is 19.1. The first-order valence-electron chi connectivity index (χ1n) is 12.2. The summed E-state index contributed by atoms with van der Waals surface area (Å²) < 4.78 is 30.5. The van der Waals surface area contributed by atoms with E-state index in [0.717, 1.165) is 18.7 Å². The van der Waals surface area contributed by atoms with Gasteiger partial charge in [-0.25, -0.2) is 9.18 Å². The van der Waals surface area contributed by atoms with E-state index in [2.05, 4.69) is 32.5 Å². The van der Waals surface area contributed by atoms with Crippen LogP contribution in [0.1, 0.15) is 37.7 Å². The Morgan fingerprint density at radius 1 is 1.05 bits per heavy atom. The van der Waals surface area contributed by atoms with Crippen molar-refractivity contribution >= 4 is 17.5 Å². The molecule has 2 aromatic carbocycles. The second-order valence-corrected chi connectivity index (χ2v) is 9.68. The number of nitrogens with one attached hydrogen (secondary N) is 2. The molecule has 2 N–H and O–H groups in total. The van der Waals surface area contributed by atoms with E-state index in [1.165, 1.54) is 6.07 Å².